The first-order valence-electron chi connectivity index (χ1n) is 9.47. The molecule has 0 amide bonds. The number of aromatic nitrogens is 2. The first-order chi connectivity index (χ1) is 13.3. The van der Waals surface area contributed by atoms with Gasteiger partial charge >= 0.3 is 0 Å². The summed E-state index contributed by atoms with van der Waals surface area (Å²) in [7, 11) is 0. The Morgan fingerprint density at radius 2 is 2.11 bits per heavy atom. The van der Waals surface area contributed by atoms with Crippen molar-refractivity contribution in [3.05, 3.63) is 69.4 Å². The van der Waals surface area contributed by atoms with E-state index in [1.165, 1.54) is 34.7 Å². The maximum atomic E-state index is 13.3. The Kier molecular flexibility index (Phi) is 4.93. The highest BCUT2D eigenvalue weighted by atomic mass is 32.1. The Morgan fingerprint density at radius 3 is 2.79 bits per heavy atom. The van der Waals surface area contributed by atoms with Gasteiger partial charge in [0.2, 0.25) is 0 Å². The maximum absolute atomic E-state index is 13.3. The lowest BCUT2D eigenvalue weighted by Gasteiger charge is -2.36. The van der Waals surface area contributed by atoms with Gasteiger partial charge in [-0.2, -0.15) is 5.10 Å². The van der Waals surface area contributed by atoms with Gasteiger partial charge in [0, 0.05) is 23.8 Å². The number of hydrogen-bond donors (Lipinski definition) is 1. The van der Waals surface area contributed by atoms with E-state index in [9.17, 15) is 9.18 Å². The molecule has 3 aromatic rings. The lowest BCUT2D eigenvalue weighted by atomic mass is 9.74. The van der Waals surface area contributed by atoms with Gasteiger partial charge in [-0.05, 0) is 66.5 Å². The average molecular weight is 398 g/mol. The number of nitrogens with one attached hydrogen (secondary N) is 1. The second kappa shape index (κ2) is 7.26. The van der Waals surface area contributed by atoms with Crippen molar-refractivity contribution in [3.63, 3.8) is 0 Å². The topological polar surface area (TPSA) is 46.9 Å². The van der Waals surface area contributed by atoms with E-state index >= 15 is 0 Å². The molecule has 1 aliphatic carbocycles. The summed E-state index contributed by atoms with van der Waals surface area (Å²) in [4.78, 5) is 12.3. The van der Waals surface area contributed by atoms with Crippen molar-refractivity contribution in [3.8, 4) is 5.69 Å². The fraction of sp³-hybridized carbons (Fsp3) is 0.364. The van der Waals surface area contributed by atoms with E-state index in [4.69, 9.17) is 0 Å². The molecule has 6 heteroatoms. The van der Waals surface area contributed by atoms with Gasteiger partial charge in [0.25, 0.3) is 0 Å². The van der Waals surface area contributed by atoms with Gasteiger partial charge in [0.15, 0.2) is 5.78 Å². The van der Waals surface area contributed by atoms with Crippen LogP contribution in [0.4, 0.5) is 4.39 Å². The molecule has 4 rings (SSSR count). The number of ketones is 1. The van der Waals surface area contributed by atoms with Crippen molar-refractivity contribution in [2.45, 2.75) is 46.2 Å². The summed E-state index contributed by atoms with van der Waals surface area (Å²) >= 11 is 1.50. The highest BCUT2D eigenvalue weighted by Crippen LogP contribution is 2.41. The third-order valence-electron chi connectivity index (χ3n) is 5.30. The Bertz CT molecular complexity index is 1000. The van der Waals surface area contributed by atoms with E-state index in [2.05, 4.69) is 24.3 Å². The summed E-state index contributed by atoms with van der Waals surface area (Å²) in [6.07, 6.45) is 3.86. The standard InChI is InChI=1S/C22H24FN3OS/c1-14(27)21-8-15(13-28-21)11-24-19-9-22(2,3)10-20-18(19)12-25-26(20)17-6-4-16(23)5-7-17/h4-8,12-13,19,24H,9-11H2,1-3H3/t19-/m0/s1. The van der Waals surface area contributed by atoms with Gasteiger partial charge in [-0.15, -0.1) is 11.3 Å². The van der Waals surface area contributed by atoms with Crippen molar-refractivity contribution >= 4 is 17.1 Å². The van der Waals surface area contributed by atoms with Gasteiger partial charge in [-0.1, -0.05) is 13.8 Å². The third kappa shape index (κ3) is 3.80. The molecule has 146 valence electrons. The van der Waals surface area contributed by atoms with Gasteiger partial charge in [0.05, 0.1) is 16.8 Å². The summed E-state index contributed by atoms with van der Waals surface area (Å²) < 4.78 is 15.2. The minimum absolute atomic E-state index is 0.109. The second-order valence-corrected chi connectivity index (χ2v) is 9.20. The molecular formula is C22H24FN3OS. The van der Waals surface area contributed by atoms with Crippen LogP contribution in [0.5, 0.6) is 0 Å². The zero-order valence-electron chi connectivity index (χ0n) is 16.3. The van der Waals surface area contributed by atoms with E-state index in [-0.39, 0.29) is 23.1 Å². The molecular weight excluding hydrogens is 373 g/mol. The Balaban J connectivity index is 1.60. The van der Waals surface area contributed by atoms with Crippen LogP contribution >= 0.6 is 11.3 Å². The summed E-state index contributed by atoms with van der Waals surface area (Å²) in [6.45, 7) is 6.85. The predicted molar refractivity (Wildman–Crippen MR) is 110 cm³/mol. The number of rotatable bonds is 5. The van der Waals surface area contributed by atoms with Crippen LogP contribution in [0.15, 0.2) is 41.9 Å². The summed E-state index contributed by atoms with van der Waals surface area (Å²) in [6, 6.07) is 8.63. The fourth-order valence-corrected chi connectivity index (χ4v) is 4.74. The number of thiophene rings is 1. The smallest absolute Gasteiger partial charge is 0.169 e. The van der Waals surface area contributed by atoms with Crippen LogP contribution in [0.2, 0.25) is 0 Å². The molecule has 0 aliphatic heterocycles. The first kappa shape index (κ1) is 19.0. The van der Waals surface area contributed by atoms with Crippen LogP contribution in [0, 0.1) is 11.2 Å². The molecule has 0 fully saturated rings. The largest absolute Gasteiger partial charge is 0.306 e. The molecule has 1 N–H and O–H groups in total. The van der Waals surface area contributed by atoms with Crippen molar-refractivity contribution in [1.29, 1.82) is 0 Å². The van der Waals surface area contributed by atoms with Crippen molar-refractivity contribution in [2.24, 2.45) is 5.41 Å². The number of nitrogens with zero attached hydrogens (tertiary/aromatic N) is 2. The zero-order chi connectivity index (χ0) is 19.9. The summed E-state index contributed by atoms with van der Waals surface area (Å²) in [5, 5.41) is 10.3. The number of carbonyl (C=O) groups is 1. The van der Waals surface area contributed by atoms with Crippen LogP contribution < -0.4 is 5.32 Å². The highest BCUT2D eigenvalue weighted by molar-refractivity contribution is 7.12. The van der Waals surface area contributed by atoms with Crippen molar-refractivity contribution in [2.75, 3.05) is 0 Å². The maximum Gasteiger partial charge on any atom is 0.169 e. The Hall–Kier alpha value is -2.31. The van der Waals surface area contributed by atoms with Gasteiger partial charge < -0.3 is 5.32 Å². The molecule has 2 aromatic heterocycles. The van der Waals surface area contributed by atoms with E-state index < -0.39 is 0 Å². The number of carbonyl (C=O) groups excluding carboxylic acids is 1. The molecule has 1 aromatic carbocycles. The number of Topliss-reactive ketones (excluding diaryl/α,β-unsaturated/α-hetero) is 1. The van der Waals surface area contributed by atoms with Crippen LogP contribution in [0.25, 0.3) is 5.69 Å². The molecule has 1 aliphatic rings. The number of fused-ring (bicyclic) bond motifs is 1. The van der Waals surface area contributed by atoms with Crippen LogP contribution in [0.3, 0.4) is 0 Å². The second-order valence-electron chi connectivity index (χ2n) is 8.29. The molecule has 0 unspecified atom stereocenters. The Labute approximate surface area is 168 Å². The molecule has 28 heavy (non-hydrogen) atoms. The van der Waals surface area contributed by atoms with E-state index in [0.717, 1.165) is 29.0 Å². The third-order valence-corrected chi connectivity index (χ3v) is 6.38. The SMILES string of the molecule is CC(=O)c1cc(CN[C@H]2CC(C)(C)Cc3c2cnn3-c2ccc(F)cc2)cs1. The predicted octanol–water partition coefficient (Wildman–Crippen LogP) is 5.08. The van der Waals surface area contributed by atoms with Crippen LogP contribution in [-0.2, 0) is 13.0 Å². The molecule has 0 spiro atoms. The van der Waals surface area contributed by atoms with Crippen LogP contribution in [-0.4, -0.2) is 15.6 Å². The molecule has 0 bridgehead atoms. The molecule has 4 nitrogen and oxygen atoms in total. The van der Waals surface area contributed by atoms with Gasteiger partial charge in [-0.3, -0.25) is 4.79 Å². The number of halogens is 1. The monoisotopic (exact) mass is 397 g/mol. The molecule has 2 heterocycles. The Morgan fingerprint density at radius 1 is 1.36 bits per heavy atom. The van der Waals surface area contributed by atoms with Crippen molar-refractivity contribution in [1.82, 2.24) is 15.1 Å². The lowest BCUT2D eigenvalue weighted by molar-refractivity contribution is 0.102. The van der Waals surface area contributed by atoms with E-state index in [0.29, 0.717) is 6.54 Å². The minimum atomic E-state index is -0.245. The number of hydrogen-bond acceptors (Lipinski definition) is 4. The molecule has 0 saturated carbocycles. The van der Waals surface area contributed by atoms with Crippen molar-refractivity contribution < 1.29 is 9.18 Å². The quantitative estimate of drug-likeness (QED) is 0.611. The fourth-order valence-electron chi connectivity index (χ4n) is 3.92. The van der Waals surface area contributed by atoms with Crippen LogP contribution in [0.1, 0.15) is 59.7 Å². The van der Waals surface area contributed by atoms with Gasteiger partial charge in [-0.25, -0.2) is 9.07 Å². The zero-order valence-corrected chi connectivity index (χ0v) is 17.1. The average Bonchev–Trinajstić information content (AvgIpc) is 3.27. The van der Waals surface area contributed by atoms with Gasteiger partial charge in [0.1, 0.15) is 5.82 Å². The van der Waals surface area contributed by atoms with E-state index in [1.807, 2.05) is 22.3 Å². The molecule has 0 saturated heterocycles. The lowest BCUT2D eigenvalue weighted by Crippen LogP contribution is -2.33. The minimum Gasteiger partial charge on any atom is -0.306 e. The molecule has 0 radical (unpaired) electrons. The summed E-state index contributed by atoms with van der Waals surface area (Å²) in [5.41, 5.74) is 4.51. The molecule has 1 atom stereocenters. The highest BCUT2D eigenvalue weighted by Gasteiger charge is 2.35. The number of benzene rings is 1. The summed E-state index contributed by atoms with van der Waals surface area (Å²) in [5.74, 6) is -0.136. The van der Waals surface area contributed by atoms with E-state index in [1.54, 1.807) is 19.1 Å². The first-order valence-corrected chi connectivity index (χ1v) is 10.3. The normalized spacial score (nSPS) is 18.1.